The number of aliphatic hydroxyl groups is 1. The van der Waals surface area contributed by atoms with Gasteiger partial charge in [0.1, 0.15) is 6.10 Å². The summed E-state index contributed by atoms with van der Waals surface area (Å²) in [6.45, 7) is 3.70. The molecule has 0 rings (SSSR count). The number of rotatable bonds is 7. The summed E-state index contributed by atoms with van der Waals surface area (Å²) < 4.78 is 0. The van der Waals surface area contributed by atoms with E-state index in [2.05, 4.69) is 6.92 Å². The van der Waals surface area contributed by atoms with Crippen molar-refractivity contribution < 1.29 is 9.90 Å². The molecule has 0 unspecified atom stereocenters. The molecule has 12 heavy (non-hydrogen) atoms. The van der Waals surface area contributed by atoms with E-state index < -0.39 is 6.10 Å². The van der Waals surface area contributed by atoms with Gasteiger partial charge in [0.2, 0.25) is 0 Å². The normalized spacial score (nSPS) is 12.9. The van der Waals surface area contributed by atoms with Gasteiger partial charge in [-0.2, -0.15) is 0 Å². The number of aliphatic hydroxyl groups excluding tert-OH is 1. The van der Waals surface area contributed by atoms with E-state index in [1.54, 1.807) is 0 Å². The van der Waals surface area contributed by atoms with Gasteiger partial charge in [-0.1, -0.05) is 32.6 Å². The van der Waals surface area contributed by atoms with E-state index in [0.29, 0.717) is 6.42 Å². The number of ketones is 1. The van der Waals surface area contributed by atoms with Crippen molar-refractivity contribution in [3.05, 3.63) is 0 Å². The molecule has 1 atom stereocenters. The lowest BCUT2D eigenvalue weighted by atomic mass is 10.1. The minimum absolute atomic E-state index is 0.0218. The van der Waals surface area contributed by atoms with Gasteiger partial charge in [0.15, 0.2) is 5.78 Å². The van der Waals surface area contributed by atoms with Gasteiger partial charge in [-0.15, -0.1) is 0 Å². The Morgan fingerprint density at radius 3 is 2.33 bits per heavy atom. The summed E-state index contributed by atoms with van der Waals surface area (Å²) in [6, 6.07) is 0. The highest BCUT2D eigenvalue weighted by Gasteiger charge is 2.07. The van der Waals surface area contributed by atoms with E-state index >= 15 is 0 Å². The zero-order chi connectivity index (χ0) is 9.40. The monoisotopic (exact) mass is 172 g/mol. The molecule has 0 heterocycles. The van der Waals surface area contributed by atoms with Crippen LogP contribution in [0.1, 0.15) is 52.4 Å². The van der Waals surface area contributed by atoms with E-state index in [1.165, 1.54) is 26.2 Å². The van der Waals surface area contributed by atoms with Gasteiger partial charge < -0.3 is 5.11 Å². The molecule has 0 spiro atoms. The molecule has 72 valence electrons. The van der Waals surface area contributed by atoms with Gasteiger partial charge in [-0.3, -0.25) is 4.79 Å². The molecule has 0 amide bonds. The van der Waals surface area contributed by atoms with Crippen molar-refractivity contribution in [3.8, 4) is 0 Å². The van der Waals surface area contributed by atoms with E-state index in [9.17, 15) is 4.79 Å². The molecule has 1 N–H and O–H groups in total. The minimum atomic E-state index is -0.767. The summed E-state index contributed by atoms with van der Waals surface area (Å²) in [5, 5.41) is 8.87. The fraction of sp³-hybridized carbons (Fsp3) is 0.900. The average Bonchev–Trinajstić information content (AvgIpc) is 2.03. The second-order valence-electron chi connectivity index (χ2n) is 3.31. The molecule has 0 saturated carbocycles. The third kappa shape index (κ3) is 6.35. The molecule has 0 aliphatic heterocycles. The zero-order valence-corrected chi connectivity index (χ0v) is 8.18. The molecule has 0 saturated heterocycles. The molecule has 2 heteroatoms. The average molecular weight is 172 g/mol. The summed E-state index contributed by atoms with van der Waals surface area (Å²) in [5.74, 6) is -0.0218. The second kappa shape index (κ2) is 7.29. The summed E-state index contributed by atoms with van der Waals surface area (Å²) in [5.41, 5.74) is 0. The molecule has 0 aromatic carbocycles. The Labute approximate surface area is 75.0 Å². The molecule has 0 fully saturated rings. The Kier molecular flexibility index (Phi) is 7.06. The van der Waals surface area contributed by atoms with Crippen LogP contribution in [0.4, 0.5) is 0 Å². The third-order valence-electron chi connectivity index (χ3n) is 1.99. The van der Waals surface area contributed by atoms with Crippen molar-refractivity contribution in [1.29, 1.82) is 0 Å². The van der Waals surface area contributed by atoms with Crippen LogP contribution in [0.15, 0.2) is 0 Å². The Morgan fingerprint density at radius 1 is 1.25 bits per heavy atom. The van der Waals surface area contributed by atoms with Gasteiger partial charge in [0.25, 0.3) is 0 Å². The lowest BCUT2D eigenvalue weighted by Gasteiger charge is -2.02. The van der Waals surface area contributed by atoms with Gasteiger partial charge in [0, 0.05) is 6.42 Å². The molecule has 0 aliphatic carbocycles. The first-order valence-electron chi connectivity index (χ1n) is 4.89. The summed E-state index contributed by atoms with van der Waals surface area (Å²) in [4.78, 5) is 10.9. The largest absolute Gasteiger partial charge is 0.386 e. The maximum absolute atomic E-state index is 10.9. The summed E-state index contributed by atoms with van der Waals surface area (Å²) in [7, 11) is 0. The Morgan fingerprint density at radius 2 is 1.83 bits per heavy atom. The number of carbonyl (C=O) groups is 1. The number of unbranched alkanes of at least 4 members (excludes halogenated alkanes) is 4. The smallest absolute Gasteiger partial charge is 0.160 e. The molecular weight excluding hydrogens is 152 g/mol. The first-order chi connectivity index (χ1) is 5.68. The quantitative estimate of drug-likeness (QED) is 0.598. The van der Waals surface area contributed by atoms with Gasteiger partial charge in [0.05, 0.1) is 0 Å². The van der Waals surface area contributed by atoms with Crippen LogP contribution in [0.2, 0.25) is 0 Å². The molecule has 0 aromatic rings. The highest BCUT2D eigenvalue weighted by Crippen LogP contribution is 2.06. The molecular formula is C10H20O2. The standard InChI is InChI=1S/C10H20O2/c1-3-4-5-6-7-8-10(12)9(2)11/h9,11H,3-8H2,1-2H3/t9-/m1/s1. The summed E-state index contributed by atoms with van der Waals surface area (Å²) in [6.07, 6.45) is 5.52. The predicted molar refractivity (Wildman–Crippen MR) is 50.1 cm³/mol. The Balaban J connectivity index is 3.14. The van der Waals surface area contributed by atoms with Gasteiger partial charge >= 0.3 is 0 Å². The van der Waals surface area contributed by atoms with Crippen LogP contribution < -0.4 is 0 Å². The maximum atomic E-state index is 10.9. The van der Waals surface area contributed by atoms with E-state index in [1.807, 2.05) is 0 Å². The highest BCUT2D eigenvalue weighted by molar-refractivity contribution is 5.82. The second-order valence-corrected chi connectivity index (χ2v) is 3.31. The first kappa shape index (κ1) is 11.6. The van der Waals surface area contributed by atoms with Crippen LogP contribution in [-0.2, 0) is 4.79 Å². The topological polar surface area (TPSA) is 37.3 Å². The van der Waals surface area contributed by atoms with Crippen LogP contribution in [-0.4, -0.2) is 17.0 Å². The van der Waals surface area contributed by atoms with Gasteiger partial charge in [-0.05, 0) is 13.3 Å². The lowest BCUT2D eigenvalue weighted by Crippen LogP contribution is -2.15. The minimum Gasteiger partial charge on any atom is -0.386 e. The maximum Gasteiger partial charge on any atom is 0.160 e. The van der Waals surface area contributed by atoms with Crippen molar-refractivity contribution in [3.63, 3.8) is 0 Å². The van der Waals surface area contributed by atoms with E-state index in [-0.39, 0.29) is 5.78 Å². The zero-order valence-electron chi connectivity index (χ0n) is 8.18. The van der Waals surface area contributed by atoms with Crippen LogP contribution in [0.3, 0.4) is 0 Å². The number of Topliss-reactive ketones (excluding diaryl/α,β-unsaturated/α-hetero) is 1. The fourth-order valence-corrected chi connectivity index (χ4v) is 1.11. The van der Waals surface area contributed by atoms with Crippen LogP contribution >= 0.6 is 0 Å². The predicted octanol–water partition coefficient (Wildman–Crippen LogP) is 2.30. The third-order valence-corrected chi connectivity index (χ3v) is 1.99. The summed E-state index contributed by atoms with van der Waals surface area (Å²) >= 11 is 0. The highest BCUT2D eigenvalue weighted by atomic mass is 16.3. The SMILES string of the molecule is CCCCCCCC(=O)[C@@H](C)O. The Hall–Kier alpha value is -0.370. The number of hydrogen-bond acceptors (Lipinski definition) is 2. The van der Waals surface area contributed by atoms with E-state index in [4.69, 9.17) is 5.11 Å². The molecule has 0 aliphatic rings. The fourth-order valence-electron chi connectivity index (χ4n) is 1.11. The van der Waals surface area contributed by atoms with E-state index in [0.717, 1.165) is 12.8 Å². The Bertz CT molecular complexity index is 119. The molecule has 0 radical (unpaired) electrons. The first-order valence-corrected chi connectivity index (χ1v) is 4.89. The van der Waals surface area contributed by atoms with Crippen LogP contribution in [0.25, 0.3) is 0 Å². The van der Waals surface area contributed by atoms with Crippen molar-refractivity contribution >= 4 is 5.78 Å². The van der Waals surface area contributed by atoms with Gasteiger partial charge in [-0.25, -0.2) is 0 Å². The van der Waals surface area contributed by atoms with Crippen LogP contribution in [0.5, 0.6) is 0 Å². The number of hydrogen-bond donors (Lipinski definition) is 1. The number of carbonyl (C=O) groups excluding carboxylic acids is 1. The molecule has 2 nitrogen and oxygen atoms in total. The van der Waals surface area contributed by atoms with Crippen LogP contribution in [0, 0.1) is 0 Å². The van der Waals surface area contributed by atoms with Crippen molar-refractivity contribution in [1.82, 2.24) is 0 Å². The molecule has 0 bridgehead atoms. The van der Waals surface area contributed by atoms with Crippen molar-refractivity contribution in [2.45, 2.75) is 58.5 Å². The lowest BCUT2D eigenvalue weighted by molar-refractivity contribution is -0.126. The van der Waals surface area contributed by atoms with Crippen molar-refractivity contribution in [2.75, 3.05) is 0 Å². The molecule has 0 aromatic heterocycles. The van der Waals surface area contributed by atoms with Crippen molar-refractivity contribution in [2.24, 2.45) is 0 Å².